The van der Waals surface area contributed by atoms with Gasteiger partial charge < -0.3 is 9.64 Å². The Labute approximate surface area is 169 Å². The number of nitrogens with zero attached hydrogens (tertiary/aromatic N) is 5. The van der Waals surface area contributed by atoms with Crippen molar-refractivity contribution in [3.05, 3.63) is 35.4 Å². The molecule has 0 saturated carbocycles. The molecule has 2 unspecified atom stereocenters. The Morgan fingerprint density at radius 2 is 2.14 bits per heavy atom. The van der Waals surface area contributed by atoms with Crippen molar-refractivity contribution in [2.45, 2.75) is 48.4 Å². The van der Waals surface area contributed by atoms with Gasteiger partial charge in [-0.3, -0.25) is 4.79 Å². The summed E-state index contributed by atoms with van der Waals surface area (Å²) < 4.78 is 45.9. The van der Waals surface area contributed by atoms with Gasteiger partial charge in [-0.2, -0.15) is 13.2 Å². The zero-order valence-electron chi connectivity index (χ0n) is 15.5. The van der Waals surface area contributed by atoms with Crippen molar-refractivity contribution >= 4 is 17.7 Å². The lowest BCUT2D eigenvalue weighted by atomic mass is 10.1. The first-order chi connectivity index (χ1) is 13.9. The Morgan fingerprint density at radius 3 is 2.90 bits per heavy atom. The van der Waals surface area contributed by atoms with Gasteiger partial charge in [-0.25, -0.2) is 4.68 Å². The van der Waals surface area contributed by atoms with Crippen molar-refractivity contribution < 1.29 is 22.7 Å². The number of amides is 1. The standard InChI is InChI=1S/C18H20F3N5O2S/c19-18(20,21)13-4-1-3-12(9-13)10-25-7-2-5-15(16(25)27)29-17-22-23-24-26(17)14-6-8-28-11-14/h1,3-4,9,14-15H,2,5-8,10-11H2. The van der Waals surface area contributed by atoms with Crippen LogP contribution in [0.4, 0.5) is 13.2 Å². The van der Waals surface area contributed by atoms with Crippen molar-refractivity contribution in [3.8, 4) is 0 Å². The van der Waals surface area contributed by atoms with Gasteiger partial charge >= 0.3 is 6.18 Å². The summed E-state index contributed by atoms with van der Waals surface area (Å²) in [5.41, 5.74) is -0.241. The predicted octanol–water partition coefficient (Wildman–Crippen LogP) is 2.94. The normalized spacial score (nSPS) is 23.0. The van der Waals surface area contributed by atoms with Crippen LogP contribution in [0, 0.1) is 0 Å². The van der Waals surface area contributed by atoms with Crippen LogP contribution < -0.4 is 0 Å². The first kappa shape index (κ1) is 20.1. The molecule has 0 bridgehead atoms. The minimum Gasteiger partial charge on any atom is -0.379 e. The van der Waals surface area contributed by atoms with E-state index in [4.69, 9.17) is 4.74 Å². The molecule has 0 spiro atoms. The first-order valence-electron chi connectivity index (χ1n) is 9.39. The topological polar surface area (TPSA) is 73.1 Å². The molecule has 1 amide bonds. The molecular weight excluding hydrogens is 407 g/mol. The van der Waals surface area contributed by atoms with Gasteiger partial charge in [0.05, 0.1) is 23.5 Å². The predicted molar refractivity (Wildman–Crippen MR) is 98.0 cm³/mol. The van der Waals surface area contributed by atoms with Crippen LogP contribution in [-0.2, 0) is 22.3 Å². The average Bonchev–Trinajstić information content (AvgIpc) is 3.36. The molecular formula is C18H20F3N5O2S. The third-order valence-electron chi connectivity index (χ3n) is 5.07. The highest BCUT2D eigenvalue weighted by Gasteiger charge is 2.34. The molecule has 3 heterocycles. The summed E-state index contributed by atoms with van der Waals surface area (Å²) in [6, 6.07) is 5.18. The first-order valence-corrected chi connectivity index (χ1v) is 10.3. The molecule has 156 valence electrons. The fourth-order valence-electron chi connectivity index (χ4n) is 3.57. The lowest BCUT2D eigenvalue weighted by Crippen LogP contribution is -2.42. The highest BCUT2D eigenvalue weighted by molar-refractivity contribution is 8.00. The fraction of sp³-hybridized carbons (Fsp3) is 0.556. The molecule has 29 heavy (non-hydrogen) atoms. The van der Waals surface area contributed by atoms with Gasteiger partial charge in [-0.1, -0.05) is 23.9 Å². The fourth-order valence-corrected chi connectivity index (χ4v) is 4.74. The van der Waals surface area contributed by atoms with Crippen LogP contribution in [-0.4, -0.2) is 56.0 Å². The van der Waals surface area contributed by atoms with E-state index < -0.39 is 11.7 Å². The second-order valence-electron chi connectivity index (χ2n) is 7.13. The number of tetrazole rings is 1. The molecule has 2 saturated heterocycles. The number of halogens is 3. The summed E-state index contributed by atoms with van der Waals surface area (Å²) in [4.78, 5) is 14.6. The van der Waals surface area contributed by atoms with Crippen molar-refractivity contribution in [1.29, 1.82) is 0 Å². The summed E-state index contributed by atoms with van der Waals surface area (Å²) in [5.74, 6) is -0.101. The number of thioether (sulfide) groups is 1. The Morgan fingerprint density at radius 1 is 1.28 bits per heavy atom. The number of hydrogen-bond donors (Lipinski definition) is 0. The van der Waals surface area contributed by atoms with E-state index in [-0.39, 0.29) is 23.7 Å². The van der Waals surface area contributed by atoms with Crippen LogP contribution in [0.25, 0.3) is 0 Å². The molecule has 11 heteroatoms. The molecule has 2 aliphatic rings. The zero-order chi connectivity index (χ0) is 20.4. The van der Waals surface area contributed by atoms with E-state index in [2.05, 4.69) is 15.5 Å². The van der Waals surface area contributed by atoms with E-state index in [1.807, 2.05) is 0 Å². The Hall–Kier alpha value is -2.14. The van der Waals surface area contributed by atoms with Crippen LogP contribution in [0.5, 0.6) is 0 Å². The minimum atomic E-state index is -4.40. The van der Waals surface area contributed by atoms with Gasteiger partial charge in [0.15, 0.2) is 0 Å². The van der Waals surface area contributed by atoms with Gasteiger partial charge in [-0.05, 0) is 47.4 Å². The largest absolute Gasteiger partial charge is 0.416 e. The average molecular weight is 427 g/mol. The lowest BCUT2D eigenvalue weighted by Gasteiger charge is -2.32. The van der Waals surface area contributed by atoms with Crippen molar-refractivity contribution in [1.82, 2.24) is 25.1 Å². The molecule has 4 rings (SSSR count). The van der Waals surface area contributed by atoms with Gasteiger partial charge in [0.25, 0.3) is 0 Å². The highest BCUT2D eigenvalue weighted by Crippen LogP contribution is 2.33. The van der Waals surface area contributed by atoms with E-state index >= 15 is 0 Å². The highest BCUT2D eigenvalue weighted by atomic mass is 32.2. The number of likely N-dealkylation sites (tertiary alicyclic amines) is 1. The number of carbonyl (C=O) groups is 1. The number of carbonyl (C=O) groups excluding carboxylic acids is 1. The third-order valence-corrected chi connectivity index (χ3v) is 6.27. The number of piperidine rings is 1. The SMILES string of the molecule is O=C1C(Sc2nnnn2C2CCOC2)CCCN1Cc1cccc(C(F)(F)F)c1. The van der Waals surface area contributed by atoms with Gasteiger partial charge in [0, 0.05) is 19.7 Å². The Kier molecular flexibility index (Phi) is 5.77. The molecule has 2 aromatic rings. The smallest absolute Gasteiger partial charge is 0.379 e. The van der Waals surface area contributed by atoms with Crippen molar-refractivity contribution in [3.63, 3.8) is 0 Å². The molecule has 1 aromatic heterocycles. The second-order valence-corrected chi connectivity index (χ2v) is 8.30. The van der Waals surface area contributed by atoms with E-state index in [1.54, 1.807) is 15.6 Å². The van der Waals surface area contributed by atoms with Gasteiger partial charge in [0.1, 0.15) is 0 Å². The monoisotopic (exact) mass is 427 g/mol. The van der Waals surface area contributed by atoms with E-state index in [0.717, 1.165) is 25.0 Å². The van der Waals surface area contributed by atoms with E-state index in [1.165, 1.54) is 17.8 Å². The molecule has 2 atom stereocenters. The zero-order valence-corrected chi connectivity index (χ0v) is 16.3. The lowest BCUT2D eigenvalue weighted by molar-refractivity contribution is -0.137. The summed E-state index contributed by atoms with van der Waals surface area (Å²) >= 11 is 1.31. The second kappa shape index (κ2) is 8.31. The molecule has 2 aliphatic heterocycles. The van der Waals surface area contributed by atoms with Crippen molar-refractivity contribution in [2.75, 3.05) is 19.8 Å². The summed E-state index contributed by atoms with van der Waals surface area (Å²) in [7, 11) is 0. The molecule has 0 radical (unpaired) electrons. The van der Waals surface area contributed by atoms with Crippen LogP contribution in [0.2, 0.25) is 0 Å². The van der Waals surface area contributed by atoms with Crippen LogP contribution in [0.15, 0.2) is 29.4 Å². The quantitative estimate of drug-likeness (QED) is 0.731. The van der Waals surface area contributed by atoms with Crippen LogP contribution >= 0.6 is 11.8 Å². The Balaban J connectivity index is 1.44. The summed E-state index contributed by atoms with van der Waals surface area (Å²) in [6.07, 6.45) is -2.13. The van der Waals surface area contributed by atoms with Gasteiger partial charge in [-0.15, -0.1) is 5.10 Å². The van der Waals surface area contributed by atoms with Crippen LogP contribution in [0.3, 0.4) is 0 Å². The van der Waals surface area contributed by atoms with E-state index in [0.29, 0.717) is 36.9 Å². The summed E-state index contributed by atoms with van der Waals surface area (Å²) in [6.45, 7) is 1.87. The van der Waals surface area contributed by atoms with E-state index in [9.17, 15) is 18.0 Å². The Bertz CT molecular complexity index is 869. The maximum Gasteiger partial charge on any atom is 0.416 e. The molecule has 7 nitrogen and oxygen atoms in total. The van der Waals surface area contributed by atoms with Crippen molar-refractivity contribution in [2.24, 2.45) is 0 Å². The molecule has 1 aromatic carbocycles. The molecule has 2 fully saturated rings. The number of aromatic nitrogens is 4. The number of rotatable bonds is 5. The maximum absolute atomic E-state index is 13.0. The number of alkyl halides is 3. The van der Waals surface area contributed by atoms with Gasteiger partial charge in [0.2, 0.25) is 11.1 Å². The van der Waals surface area contributed by atoms with Crippen LogP contribution in [0.1, 0.15) is 36.4 Å². The molecule has 0 N–H and O–H groups in total. The number of hydrogen-bond acceptors (Lipinski definition) is 6. The number of ether oxygens (including phenoxy) is 1. The third kappa shape index (κ3) is 4.55. The molecule has 0 aliphatic carbocycles. The maximum atomic E-state index is 13.0. The summed E-state index contributed by atoms with van der Waals surface area (Å²) in [5, 5.41) is 12.0. The minimum absolute atomic E-state index is 0.0624. The number of benzene rings is 1.